The molecule has 0 bridgehead atoms. The lowest BCUT2D eigenvalue weighted by atomic mass is 9.97. The Bertz CT molecular complexity index is 270. The molecule has 2 rings (SSSR count). The number of piperidine rings is 1. The fourth-order valence-corrected chi connectivity index (χ4v) is 3.44. The van der Waals surface area contributed by atoms with Crippen LogP contribution in [0.3, 0.4) is 0 Å². The highest BCUT2D eigenvalue weighted by Crippen LogP contribution is 2.30. The molecule has 0 aromatic carbocycles. The molecule has 0 radical (unpaired) electrons. The standard InChI is InChI=1S/C13H24N2O2/c1-2-14(10-7-13(16)17)12-6-9-15-8-4-3-5-11(12)15/h11-12H,2-10H2,1H3,(H,16,17). The van der Waals surface area contributed by atoms with E-state index in [2.05, 4.69) is 16.7 Å². The Kier molecular flexibility index (Phi) is 4.40. The quantitative estimate of drug-likeness (QED) is 0.789. The molecular formula is C13H24N2O2. The van der Waals surface area contributed by atoms with Gasteiger partial charge in [-0.1, -0.05) is 13.3 Å². The van der Waals surface area contributed by atoms with E-state index in [4.69, 9.17) is 5.11 Å². The van der Waals surface area contributed by atoms with E-state index in [9.17, 15) is 4.79 Å². The van der Waals surface area contributed by atoms with Crippen molar-refractivity contribution in [3.05, 3.63) is 0 Å². The molecule has 2 unspecified atom stereocenters. The second kappa shape index (κ2) is 5.83. The summed E-state index contributed by atoms with van der Waals surface area (Å²) >= 11 is 0. The minimum Gasteiger partial charge on any atom is -0.481 e. The van der Waals surface area contributed by atoms with Crippen LogP contribution in [0.5, 0.6) is 0 Å². The van der Waals surface area contributed by atoms with Crippen molar-refractivity contribution in [2.24, 2.45) is 0 Å². The van der Waals surface area contributed by atoms with E-state index in [1.165, 1.54) is 38.8 Å². The Labute approximate surface area is 104 Å². The Hall–Kier alpha value is -0.610. The predicted molar refractivity (Wildman–Crippen MR) is 67.1 cm³/mol. The molecule has 2 atom stereocenters. The second-order valence-electron chi connectivity index (χ2n) is 5.23. The van der Waals surface area contributed by atoms with Gasteiger partial charge in [0.05, 0.1) is 6.42 Å². The monoisotopic (exact) mass is 240 g/mol. The number of aliphatic carboxylic acids is 1. The van der Waals surface area contributed by atoms with Crippen LogP contribution in [0.1, 0.15) is 39.0 Å². The summed E-state index contributed by atoms with van der Waals surface area (Å²) < 4.78 is 0. The van der Waals surface area contributed by atoms with Crippen LogP contribution in [-0.4, -0.2) is 59.1 Å². The molecule has 0 aliphatic carbocycles. The highest BCUT2D eigenvalue weighted by Gasteiger charge is 2.38. The molecule has 0 aromatic rings. The molecule has 0 saturated carbocycles. The van der Waals surface area contributed by atoms with Crippen molar-refractivity contribution in [2.45, 2.75) is 51.1 Å². The first-order valence-electron chi connectivity index (χ1n) is 6.92. The molecule has 2 aliphatic heterocycles. The second-order valence-corrected chi connectivity index (χ2v) is 5.23. The van der Waals surface area contributed by atoms with Crippen LogP contribution in [0.2, 0.25) is 0 Å². The SMILES string of the molecule is CCN(CCC(=O)O)C1CCN2CCCCC12. The van der Waals surface area contributed by atoms with Gasteiger partial charge in [-0.05, 0) is 32.4 Å². The van der Waals surface area contributed by atoms with Crippen molar-refractivity contribution in [1.82, 2.24) is 9.80 Å². The highest BCUT2D eigenvalue weighted by molar-refractivity contribution is 5.66. The number of likely N-dealkylation sites (N-methyl/N-ethyl adjacent to an activating group) is 1. The minimum absolute atomic E-state index is 0.275. The van der Waals surface area contributed by atoms with E-state index in [0.29, 0.717) is 18.6 Å². The van der Waals surface area contributed by atoms with Crippen LogP contribution in [0, 0.1) is 0 Å². The number of carboxylic acid groups (broad SMARTS) is 1. The Morgan fingerprint density at radius 3 is 2.88 bits per heavy atom. The number of carboxylic acids is 1. The van der Waals surface area contributed by atoms with Crippen molar-refractivity contribution >= 4 is 5.97 Å². The third-order valence-electron chi connectivity index (χ3n) is 4.31. The summed E-state index contributed by atoms with van der Waals surface area (Å²) in [6, 6.07) is 1.29. The van der Waals surface area contributed by atoms with Gasteiger partial charge in [-0.3, -0.25) is 14.6 Å². The van der Waals surface area contributed by atoms with Gasteiger partial charge in [0.15, 0.2) is 0 Å². The van der Waals surface area contributed by atoms with Crippen LogP contribution in [0.25, 0.3) is 0 Å². The summed E-state index contributed by atoms with van der Waals surface area (Å²) in [7, 11) is 0. The zero-order valence-corrected chi connectivity index (χ0v) is 10.8. The number of nitrogens with zero attached hydrogens (tertiary/aromatic N) is 2. The Morgan fingerprint density at radius 2 is 2.18 bits per heavy atom. The van der Waals surface area contributed by atoms with E-state index < -0.39 is 5.97 Å². The van der Waals surface area contributed by atoms with Crippen LogP contribution < -0.4 is 0 Å². The van der Waals surface area contributed by atoms with Gasteiger partial charge in [0.25, 0.3) is 0 Å². The smallest absolute Gasteiger partial charge is 0.304 e. The largest absolute Gasteiger partial charge is 0.481 e. The van der Waals surface area contributed by atoms with Crippen molar-refractivity contribution in [1.29, 1.82) is 0 Å². The first kappa shape index (κ1) is 12.8. The average molecular weight is 240 g/mol. The Balaban J connectivity index is 1.92. The molecule has 98 valence electrons. The number of hydrogen-bond donors (Lipinski definition) is 1. The van der Waals surface area contributed by atoms with Gasteiger partial charge < -0.3 is 5.11 Å². The van der Waals surface area contributed by atoms with Crippen molar-refractivity contribution in [3.8, 4) is 0 Å². The fourth-order valence-electron chi connectivity index (χ4n) is 3.44. The molecule has 2 fully saturated rings. The van der Waals surface area contributed by atoms with E-state index in [-0.39, 0.29) is 6.42 Å². The minimum atomic E-state index is -0.679. The number of rotatable bonds is 5. The number of fused-ring (bicyclic) bond motifs is 1. The number of carbonyl (C=O) groups is 1. The van der Waals surface area contributed by atoms with Gasteiger partial charge in [0.2, 0.25) is 0 Å². The third kappa shape index (κ3) is 2.99. The van der Waals surface area contributed by atoms with E-state index >= 15 is 0 Å². The highest BCUT2D eigenvalue weighted by atomic mass is 16.4. The molecule has 4 heteroatoms. The van der Waals surface area contributed by atoms with Crippen molar-refractivity contribution < 1.29 is 9.90 Å². The lowest BCUT2D eigenvalue weighted by molar-refractivity contribution is -0.137. The zero-order chi connectivity index (χ0) is 12.3. The van der Waals surface area contributed by atoms with Gasteiger partial charge in [-0.25, -0.2) is 0 Å². The van der Waals surface area contributed by atoms with Gasteiger partial charge >= 0.3 is 5.97 Å². The maximum Gasteiger partial charge on any atom is 0.304 e. The van der Waals surface area contributed by atoms with Crippen LogP contribution in [-0.2, 0) is 4.79 Å². The molecule has 2 heterocycles. The average Bonchev–Trinajstić information content (AvgIpc) is 2.74. The fraction of sp³-hybridized carbons (Fsp3) is 0.923. The van der Waals surface area contributed by atoms with Gasteiger partial charge in [-0.15, -0.1) is 0 Å². The molecule has 0 spiro atoms. The first-order chi connectivity index (χ1) is 8.22. The summed E-state index contributed by atoms with van der Waals surface area (Å²) in [4.78, 5) is 15.7. The van der Waals surface area contributed by atoms with Gasteiger partial charge in [0.1, 0.15) is 0 Å². The van der Waals surface area contributed by atoms with Crippen LogP contribution in [0.4, 0.5) is 0 Å². The van der Waals surface area contributed by atoms with E-state index in [1.807, 2.05) is 0 Å². The molecule has 2 saturated heterocycles. The summed E-state index contributed by atoms with van der Waals surface area (Å²) in [5.74, 6) is -0.679. The topological polar surface area (TPSA) is 43.8 Å². The normalized spacial score (nSPS) is 29.5. The van der Waals surface area contributed by atoms with Crippen LogP contribution >= 0.6 is 0 Å². The lowest BCUT2D eigenvalue weighted by Crippen LogP contribution is -2.47. The molecule has 1 N–H and O–H groups in total. The molecular weight excluding hydrogens is 216 g/mol. The van der Waals surface area contributed by atoms with E-state index in [1.54, 1.807) is 0 Å². The number of hydrogen-bond acceptors (Lipinski definition) is 3. The van der Waals surface area contributed by atoms with Gasteiger partial charge in [0, 0.05) is 25.2 Å². The van der Waals surface area contributed by atoms with Gasteiger partial charge in [-0.2, -0.15) is 0 Å². The summed E-state index contributed by atoms with van der Waals surface area (Å²) in [5, 5.41) is 8.80. The Morgan fingerprint density at radius 1 is 1.35 bits per heavy atom. The van der Waals surface area contributed by atoms with Crippen molar-refractivity contribution in [3.63, 3.8) is 0 Å². The maximum atomic E-state index is 10.7. The molecule has 17 heavy (non-hydrogen) atoms. The first-order valence-corrected chi connectivity index (χ1v) is 6.92. The maximum absolute atomic E-state index is 10.7. The predicted octanol–water partition coefficient (Wildman–Crippen LogP) is 1.41. The third-order valence-corrected chi connectivity index (χ3v) is 4.31. The molecule has 0 aromatic heterocycles. The molecule has 0 amide bonds. The lowest BCUT2D eigenvalue weighted by Gasteiger charge is -2.37. The zero-order valence-electron chi connectivity index (χ0n) is 10.8. The van der Waals surface area contributed by atoms with Crippen LogP contribution in [0.15, 0.2) is 0 Å². The van der Waals surface area contributed by atoms with Crippen molar-refractivity contribution in [2.75, 3.05) is 26.2 Å². The summed E-state index contributed by atoms with van der Waals surface area (Å²) in [6.45, 7) is 6.28. The molecule has 4 nitrogen and oxygen atoms in total. The summed E-state index contributed by atoms with van der Waals surface area (Å²) in [6.07, 6.45) is 5.47. The molecule has 2 aliphatic rings. The van der Waals surface area contributed by atoms with E-state index in [0.717, 1.165) is 6.54 Å². The summed E-state index contributed by atoms with van der Waals surface area (Å²) in [5.41, 5.74) is 0.